The van der Waals surface area contributed by atoms with Crippen LogP contribution in [0.3, 0.4) is 0 Å². The number of halogens is 3. The highest BCUT2D eigenvalue weighted by molar-refractivity contribution is 8.00. The minimum Gasteiger partial charge on any atom is -0.354 e. The zero-order valence-electron chi connectivity index (χ0n) is 13.6. The molecule has 1 unspecified atom stereocenters. The van der Waals surface area contributed by atoms with E-state index in [1.165, 1.54) is 11.8 Å². The number of nitrogens with one attached hydrogen (secondary N) is 1. The average molecular weight is 435 g/mol. The minimum atomic E-state index is -0.152. The van der Waals surface area contributed by atoms with Crippen molar-refractivity contribution in [2.75, 3.05) is 12.3 Å². The highest BCUT2D eigenvalue weighted by Crippen LogP contribution is 2.25. The van der Waals surface area contributed by atoms with Gasteiger partial charge in [-0.1, -0.05) is 40.9 Å². The second-order valence-corrected chi connectivity index (χ2v) is 9.08. The maximum Gasteiger partial charge on any atom is 0.233 e. The summed E-state index contributed by atoms with van der Waals surface area (Å²) in [6.45, 7) is 2.54. The van der Waals surface area contributed by atoms with Gasteiger partial charge in [-0.3, -0.25) is 4.79 Å². The summed E-state index contributed by atoms with van der Waals surface area (Å²) in [5.74, 6) is 1.71. The van der Waals surface area contributed by atoms with Crippen LogP contribution in [0.2, 0.25) is 15.1 Å². The quantitative estimate of drug-likeness (QED) is 0.397. The molecule has 0 aromatic heterocycles. The third-order valence-corrected chi connectivity index (χ3v) is 6.43. The first kappa shape index (κ1) is 20.8. The summed E-state index contributed by atoms with van der Waals surface area (Å²) in [5.41, 5.74) is 1.12. The lowest BCUT2D eigenvalue weighted by atomic mass is 10.2. The molecule has 0 bridgehead atoms. The van der Waals surface area contributed by atoms with Crippen LogP contribution in [0.1, 0.15) is 12.5 Å². The van der Waals surface area contributed by atoms with Crippen molar-refractivity contribution in [2.24, 2.45) is 0 Å². The summed E-state index contributed by atoms with van der Waals surface area (Å²) in [5, 5.41) is 4.65. The number of carbonyl (C=O) groups excluding carboxylic acids is 1. The Hall–Kier alpha value is -0.520. The molecule has 134 valence electrons. The van der Waals surface area contributed by atoms with Gasteiger partial charge in [0, 0.05) is 28.0 Å². The molecule has 0 fully saturated rings. The van der Waals surface area contributed by atoms with Gasteiger partial charge >= 0.3 is 0 Å². The van der Waals surface area contributed by atoms with Crippen molar-refractivity contribution in [3.63, 3.8) is 0 Å². The zero-order chi connectivity index (χ0) is 18.2. The summed E-state index contributed by atoms with van der Waals surface area (Å²) in [7, 11) is 0. The maximum absolute atomic E-state index is 12.1. The smallest absolute Gasteiger partial charge is 0.233 e. The van der Waals surface area contributed by atoms with Gasteiger partial charge < -0.3 is 5.32 Å². The molecule has 0 radical (unpaired) electrons. The number of benzene rings is 2. The van der Waals surface area contributed by atoms with Gasteiger partial charge in [-0.15, -0.1) is 11.8 Å². The summed E-state index contributed by atoms with van der Waals surface area (Å²) in [6.07, 6.45) is 0. The van der Waals surface area contributed by atoms with Crippen LogP contribution in [0.25, 0.3) is 0 Å². The van der Waals surface area contributed by atoms with Crippen molar-refractivity contribution in [1.29, 1.82) is 0 Å². The normalized spacial score (nSPS) is 12.0. The van der Waals surface area contributed by atoms with E-state index in [-0.39, 0.29) is 11.2 Å². The molecule has 0 spiro atoms. The Bertz CT molecular complexity index is 710. The lowest BCUT2D eigenvalue weighted by Gasteiger charge is -2.12. The number of hydrogen-bond donors (Lipinski definition) is 1. The van der Waals surface area contributed by atoms with E-state index in [9.17, 15) is 4.79 Å². The Morgan fingerprint density at radius 2 is 1.80 bits per heavy atom. The molecule has 1 atom stereocenters. The van der Waals surface area contributed by atoms with Crippen LogP contribution in [-0.4, -0.2) is 23.5 Å². The first-order chi connectivity index (χ1) is 12.0. The molecule has 0 aliphatic heterocycles. The third kappa shape index (κ3) is 7.32. The summed E-state index contributed by atoms with van der Waals surface area (Å²) >= 11 is 21.0. The van der Waals surface area contributed by atoms with E-state index in [1.54, 1.807) is 17.8 Å². The van der Waals surface area contributed by atoms with Crippen molar-refractivity contribution in [1.82, 2.24) is 5.32 Å². The number of thioether (sulfide) groups is 2. The molecule has 1 amide bonds. The predicted molar refractivity (Wildman–Crippen MR) is 112 cm³/mol. The fourth-order valence-electron chi connectivity index (χ4n) is 1.98. The average Bonchev–Trinajstić information content (AvgIpc) is 2.59. The minimum absolute atomic E-state index is 0.0371. The fraction of sp³-hybridized carbons (Fsp3) is 0.278. The Morgan fingerprint density at radius 3 is 2.48 bits per heavy atom. The third-order valence-electron chi connectivity index (χ3n) is 3.29. The van der Waals surface area contributed by atoms with Gasteiger partial charge in [0.2, 0.25) is 5.91 Å². The molecule has 0 saturated carbocycles. The highest BCUT2D eigenvalue weighted by atomic mass is 35.5. The van der Waals surface area contributed by atoms with Gasteiger partial charge in [0.15, 0.2) is 0 Å². The lowest BCUT2D eigenvalue weighted by molar-refractivity contribution is -0.120. The molecule has 0 saturated heterocycles. The molecule has 0 aliphatic rings. The van der Waals surface area contributed by atoms with Gasteiger partial charge in [-0.05, 0) is 48.9 Å². The van der Waals surface area contributed by atoms with E-state index >= 15 is 0 Å². The van der Waals surface area contributed by atoms with Gasteiger partial charge in [-0.25, -0.2) is 0 Å². The molecule has 1 N–H and O–H groups in total. The number of rotatable bonds is 8. The topological polar surface area (TPSA) is 29.1 Å². The van der Waals surface area contributed by atoms with Crippen LogP contribution in [0.5, 0.6) is 0 Å². The van der Waals surface area contributed by atoms with E-state index in [4.69, 9.17) is 34.8 Å². The monoisotopic (exact) mass is 433 g/mol. The van der Waals surface area contributed by atoms with Gasteiger partial charge in [0.05, 0.1) is 15.3 Å². The Morgan fingerprint density at radius 1 is 1.08 bits per heavy atom. The zero-order valence-corrected chi connectivity index (χ0v) is 17.5. The van der Waals surface area contributed by atoms with Crippen molar-refractivity contribution in [2.45, 2.75) is 22.8 Å². The lowest BCUT2D eigenvalue weighted by Crippen LogP contribution is -2.32. The van der Waals surface area contributed by atoms with Crippen LogP contribution in [0.4, 0.5) is 0 Å². The van der Waals surface area contributed by atoms with E-state index < -0.39 is 0 Å². The van der Waals surface area contributed by atoms with Crippen molar-refractivity contribution in [3.05, 3.63) is 63.1 Å². The van der Waals surface area contributed by atoms with Crippen LogP contribution >= 0.6 is 58.3 Å². The maximum atomic E-state index is 12.1. The molecule has 25 heavy (non-hydrogen) atoms. The first-order valence-electron chi connectivity index (χ1n) is 7.67. The Kier molecular flexibility index (Phi) is 8.80. The molecule has 2 rings (SSSR count). The predicted octanol–water partition coefficient (Wildman–Crippen LogP) is 6.18. The largest absolute Gasteiger partial charge is 0.354 e. The molecule has 0 aliphatic carbocycles. The van der Waals surface area contributed by atoms with Crippen LogP contribution in [0, 0.1) is 0 Å². The molecule has 2 nitrogen and oxygen atoms in total. The van der Waals surface area contributed by atoms with Gasteiger partial charge in [0.25, 0.3) is 0 Å². The second-order valence-electron chi connectivity index (χ2n) is 5.31. The Labute approximate surface area is 172 Å². The van der Waals surface area contributed by atoms with Gasteiger partial charge in [0.1, 0.15) is 0 Å². The number of amides is 1. The SMILES string of the molecule is CC(Sc1ccc(Cl)cc1)C(=O)NCCSCc1ccc(Cl)c(Cl)c1. The first-order valence-corrected chi connectivity index (χ1v) is 10.8. The van der Waals surface area contributed by atoms with E-state index in [0.717, 1.165) is 22.0 Å². The fourth-order valence-corrected chi connectivity index (χ4v) is 4.12. The van der Waals surface area contributed by atoms with E-state index in [0.29, 0.717) is 21.6 Å². The molecular weight excluding hydrogens is 417 g/mol. The van der Waals surface area contributed by atoms with Crippen molar-refractivity contribution in [3.8, 4) is 0 Å². The van der Waals surface area contributed by atoms with Crippen molar-refractivity contribution >= 4 is 64.2 Å². The molecule has 2 aromatic rings. The molecule has 7 heteroatoms. The number of hydrogen-bond acceptors (Lipinski definition) is 3. The summed E-state index contributed by atoms with van der Waals surface area (Å²) in [6, 6.07) is 13.1. The Balaban J connectivity index is 1.65. The standard InChI is InChI=1S/C18H18Cl3NOS2/c1-12(25-15-5-3-14(19)4-6-15)18(23)22-8-9-24-11-13-2-7-16(20)17(21)10-13/h2-7,10,12H,8-9,11H2,1H3,(H,22,23). The van der Waals surface area contributed by atoms with Crippen LogP contribution in [-0.2, 0) is 10.5 Å². The van der Waals surface area contributed by atoms with Crippen molar-refractivity contribution < 1.29 is 4.79 Å². The summed E-state index contributed by atoms with van der Waals surface area (Å²) < 4.78 is 0. The second kappa shape index (κ2) is 10.6. The molecular formula is C18H18Cl3NOS2. The van der Waals surface area contributed by atoms with E-state index in [2.05, 4.69) is 5.32 Å². The van der Waals surface area contributed by atoms with Gasteiger partial charge in [-0.2, -0.15) is 11.8 Å². The van der Waals surface area contributed by atoms with E-state index in [1.807, 2.05) is 43.3 Å². The summed E-state index contributed by atoms with van der Waals surface area (Å²) in [4.78, 5) is 13.2. The van der Waals surface area contributed by atoms with Crippen LogP contribution < -0.4 is 5.32 Å². The number of carbonyl (C=O) groups is 1. The molecule has 0 heterocycles. The van der Waals surface area contributed by atoms with Crippen LogP contribution in [0.15, 0.2) is 47.4 Å². The molecule has 2 aromatic carbocycles. The highest BCUT2D eigenvalue weighted by Gasteiger charge is 2.13.